The van der Waals surface area contributed by atoms with Crippen LogP contribution < -0.4 is 0 Å². The molecule has 0 N–H and O–H groups in total. The van der Waals surface area contributed by atoms with E-state index < -0.39 is 8.56 Å². The molecule has 1 fully saturated rings. The summed E-state index contributed by atoms with van der Waals surface area (Å²) in [5.74, 6) is -0.514. The maximum atomic E-state index is 12.2. The zero-order valence-electron chi connectivity index (χ0n) is 11.5. The van der Waals surface area contributed by atoms with Crippen molar-refractivity contribution in [3.05, 3.63) is 0 Å². The molecule has 100 valence electrons. The van der Waals surface area contributed by atoms with E-state index in [9.17, 15) is 4.79 Å². The molecule has 0 saturated carbocycles. The van der Waals surface area contributed by atoms with Crippen molar-refractivity contribution in [1.82, 2.24) is 0 Å². The third-order valence-corrected chi connectivity index (χ3v) is 8.12. The van der Waals surface area contributed by atoms with Crippen molar-refractivity contribution in [2.45, 2.75) is 51.8 Å². The zero-order chi connectivity index (χ0) is 13.5. The first-order chi connectivity index (χ1) is 8.38. The van der Waals surface area contributed by atoms with E-state index >= 15 is 0 Å². The summed E-state index contributed by atoms with van der Waals surface area (Å²) in [6, 6.07) is 0. The molecular weight excluding hydrogens is 248 g/mol. The van der Waals surface area contributed by atoms with Gasteiger partial charge in [0, 0.05) is 17.3 Å². The Bertz CT molecular complexity index is 410. The van der Waals surface area contributed by atoms with Gasteiger partial charge in [-0.25, -0.2) is 4.79 Å². The number of fused-ring (bicyclic) bond motifs is 1. The van der Waals surface area contributed by atoms with Crippen LogP contribution in [0.5, 0.6) is 0 Å². The Hall–Kier alpha value is -1.01. The van der Waals surface area contributed by atoms with Crippen LogP contribution in [0.4, 0.5) is 0 Å². The fourth-order valence-corrected chi connectivity index (χ4v) is 6.10. The standard InChI is InChI=1S/C12H20N2O3Si/c1-7(2)18(8(3)4)16-9(5)10-6-13-14-11(10)12(15)17-18/h6-10H,1-5H3. The molecular formula is C12H20N2O3Si. The Morgan fingerprint density at radius 3 is 2.44 bits per heavy atom. The minimum Gasteiger partial charge on any atom is -0.489 e. The highest BCUT2D eigenvalue weighted by Crippen LogP contribution is 2.39. The summed E-state index contributed by atoms with van der Waals surface area (Å²) in [6.45, 7) is 10.2. The lowest BCUT2D eigenvalue weighted by Crippen LogP contribution is -2.50. The van der Waals surface area contributed by atoms with Gasteiger partial charge < -0.3 is 8.85 Å². The van der Waals surface area contributed by atoms with Crippen molar-refractivity contribution in [1.29, 1.82) is 0 Å². The van der Waals surface area contributed by atoms with Gasteiger partial charge in [-0.2, -0.15) is 5.10 Å². The molecule has 2 heterocycles. The van der Waals surface area contributed by atoms with Crippen molar-refractivity contribution in [3.63, 3.8) is 0 Å². The summed E-state index contributed by atoms with van der Waals surface area (Å²) in [7, 11) is -2.57. The van der Waals surface area contributed by atoms with Gasteiger partial charge in [0.1, 0.15) is 0 Å². The van der Waals surface area contributed by atoms with E-state index in [1.165, 1.54) is 0 Å². The lowest BCUT2D eigenvalue weighted by atomic mass is 10.0. The van der Waals surface area contributed by atoms with Gasteiger partial charge in [-0.1, -0.05) is 27.7 Å². The molecule has 0 aromatic carbocycles. The Kier molecular flexibility index (Phi) is 3.42. The van der Waals surface area contributed by atoms with Crippen LogP contribution in [0.2, 0.25) is 11.1 Å². The summed E-state index contributed by atoms with van der Waals surface area (Å²) in [5.41, 5.74) is 0.804. The smallest absolute Gasteiger partial charge is 0.407 e. The first kappa shape index (κ1) is 13.4. The molecule has 0 amide bonds. The normalized spacial score (nSPS) is 30.2. The lowest BCUT2D eigenvalue weighted by molar-refractivity contribution is -0.129. The molecule has 5 nitrogen and oxygen atoms in total. The van der Waals surface area contributed by atoms with Crippen molar-refractivity contribution >= 4 is 26.5 Å². The topological polar surface area (TPSA) is 60.2 Å². The van der Waals surface area contributed by atoms with Gasteiger partial charge in [0.25, 0.3) is 0 Å². The predicted octanol–water partition coefficient (Wildman–Crippen LogP) is 2.27. The molecule has 2 aliphatic rings. The van der Waals surface area contributed by atoms with Crippen LogP contribution in [0, 0.1) is 5.92 Å². The molecule has 2 aliphatic heterocycles. The molecule has 0 aliphatic carbocycles. The lowest BCUT2D eigenvalue weighted by Gasteiger charge is -2.36. The molecule has 1 saturated heterocycles. The van der Waals surface area contributed by atoms with Gasteiger partial charge >= 0.3 is 14.5 Å². The minimum atomic E-state index is -2.57. The van der Waals surface area contributed by atoms with E-state index in [1.807, 2.05) is 6.92 Å². The van der Waals surface area contributed by atoms with E-state index in [0.717, 1.165) is 0 Å². The third kappa shape index (κ3) is 1.93. The van der Waals surface area contributed by atoms with Crippen molar-refractivity contribution in [2.24, 2.45) is 16.1 Å². The van der Waals surface area contributed by atoms with Crippen LogP contribution in [-0.2, 0) is 13.6 Å². The monoisotopic (exact) mass is 268 g/mol. The van der Waals surface area contributed by atoms with E-state index in [0.29, 0.717) is 5.71 Å². The maximum absolute atomic E-state index is 12.2. The highest BCUT2D eigenvalue weighted by molar-refractivity contribution is 6.73. The van der Waals surface area contributed by atoms with Crippen LogP contribution in [0.3, 0.4) is 0 Å². The number of hydrogen-bond donors (Lipinski definition) is 0. The van der Waals surface area contributed by atoms with Gasteiger partial charge in [0.2, 0.25) is 0 Å². The van der Waals surface area contributed by atoms with Gasteiger partial charge in [0.15, 0.2) is 5.71 Å². The second kappa shape index (κ2) is 4.58. The fourth-order valence-electron chi connectivity index (χ4n) is 2.58. The Balaban J connectivity index is 2.40. The highest BCUT2D eigenvalue weighted by Gasteiger charge is 2.54. The van der Waals surface area contributed by atoms with Crippen LogP contribution in [0.1, 0.15) is 34.6 Å². The average Bonchev–Trinajstić information content (AvgIpc) is 2.72. The van der Waals surface area contributed by atoms with Crippen LogP contribution in [0.25, 0.3) is 0 Å². The number of carbonyl (C=O) groups is 1. The molecule has 2 unspecified atom stereocenters. The van der Waals surface area contributed by atoms with Crippen LogP contribution >= 0.6 is 0 Å². The molecule has 2 atom stereocenters. The summed E-state index contributed by atoms with van der Waals surface area (Å²) in [4.78, 5) is 12.2. The highest BCUT2D eigenvalue weighted by atomic mass is 28.4. The SMILES string of the molecule is CC1O[Si](C(C)C)(C(C)C)OC(=O)C2=NN=CC21. The van der Waals surface area contributed by atoms with E-state index in [2.05, 4.69) is 37.9 Å². The van der Waals surface area contributed by atoms with Crippen LogP contribution in [0.15, 0.2) is 10.2 Å². The maximum Gasteiger partial charge on any atom is 0.407 e. The minimum absolute atomic E-state index is 0.113. The molecule has 0 aromatic rings. The van der Waals surface area contributed by atoms with E-state index in [1.54, 1.807) is 6.21 Å². The predicted molar refractivity (Wildman–Crippen MR) is 72.0 cm³/mol. The quantitative estimate of drug-likeness (QED) is 0.722. The summed E-state index contributed by atoms with van der Waals surface area (Å²) < 4.78 is 12.0. The number of hydrogen-bond acceptors (Lipinski definition) is 5. The fraction of sp³-hybridized carbons (Fsp3) is 0.750. The summed E-state index contributed by atoms with van der Waals surface area (Å²) >= 11 is 0. The number of carbonyl (C=O) groups excluding carboxylic acids is 1. The van der Waals surface area contributed by atoms with Crippen molar-refractivity contribution < 1.29 is 13.6 Å². The van der Waals surface area contributed by atoms with Gasteiger partial charge in [-0.15, -0.1) is 5.10 Å². The van der Waals surface area contributed by atoms with Gasteiger partial charge in [-0.05, 0) is 6.92 Å². The molecule has 0 bridgehead atoms. The number of nitrogens with zero attached hydrogens (tertiary/aromatic N) is 2. The summed E-state index contributed by atoms with van der Waals surface area (Å²) in [6.07, 6.45) is 1.56. The van der Waals surface area contributed by atoms with E-state index in [4.69, 9.17) is 8.85 Å². The largest absolute Gasteiger partial charge is 0.489 e. The van der Waals surface area contributed by atoms with Crippen molar-refractivity contribution in [3.8, 4) is 0 Å². The van der Waals surface area contributed by atoms with Crippen LogP contribution in [-0.4, -0.2) is 32.6 Å². The Morgan fingerprint density at radius 1 is 1.28 bits per heavy atom. The number of rotatable bonds is 2. The van der Waals surface area contributed by atoms with Crippen molar-refractivity contribution in [2.75, 3.05) is 0 Å². The average molecular weight is 268 g/mol. The Morgan fingerprint density at radius 2 is 1.89 bits per heavy atom. The Labute approximate surface area is 109 Å². The summed E-state index contributed by atoms with van der Waals surface area (Å²) in [5, 5.41) is 7.69. The molecule has 0 aromatic heterocycles. The molecule has 0 spiro atoms. The van der Waals surface area contributed by atoms with Gasteiger partial charge in [0.05, 0.1) is 12.0 Å². The molecule has 18 heavy (non-hydrogen) atoms. The van der Waals surface area contributed by atoms with E-state index in [-0.39, 0.29) is 29.1 Å². The first-order valence-corrected chi connectivity index (χ1v) is 8.37. The zero-order valence-corrected chi connectivity index (χ0v) is 12.5. The molecule has 2 rings (SSSR count). The second-order valence-electron chi connectivity index (χ2n) is 5.52. The van der Waals surface area contributed by atoms with Gasteiger partial charge in [-0.3, -0.25) is 0 Å². The second-order valence-corrected chi connectivity index (χ2v) is 9.71. The molecule has 6 heteroatoms. The third-order valence-electron chi connectivity index (χ3n) is 3.66. The molecule has 0 radical (unpaired) electrons. The first-order valence-electron chi connectivity index (χ1n) is 6.40.